The lowest BCUT2D eigenvalue weighted by Gasteiger charge is -2.21. The van der Waals surface area contributed by atoms with Gasteiger partial charge in [0.15, 0.2) is 0 Å². The Morgan fingerprint density at radius 3 is 2.33 bits per heavy atom. The first-order valence-corrected chi connectivity index (χ1v) is 9.52. The summed E-state index contributed by atoms with van der Waals surface area (Å²) in [6, 6.07) is 13.5. The van der Waals surface area contributed by atoms with Gasteiger partial charge in [-0.3, -0.25) is 9.10 Å². The van der Waals surface area contributed by atoms with Crippen LogP contribution in [0.4, 0.5) is 5.69 Å². The normalized spacial score (nSPS) is 12.5. The van der Waals surface area contributed by atoms with Crippen molar-refractivity contribution in [1.29, 1.82) is 0 Å². The van der Waals surface area contributed by atoms with E-state index in [9.17, 15) is 13.2 Å². The fourth-order valence-corrected chi connectivity index (χ4v) is 3.11. The van der Waals surface area contributed by atoms with Crippen molar-refractivity contribution >= 4 is 33.2 Å². The van der Waals surface area contributed by atoms with Crippen molar-refractivity contribution in [3.8, 4) is 0 Å². The van der Waals surface area contributed by atoms with E-state index < -0.39 is 10.0 Å². The largest absolute Gasteiger partial charge is 0.345 e. The van der Waals surface area contributed by atoms with Gasteiger partial charge in [0.1, 0.15) is 0 Å². The number of benzene rings is 2. The van der Waals surface area contributed by atoms with Gasteiger partial charge in [0.05, 0.1) is 23.5 Å². The third-order valence-corrected chi connectivity index (χ3v) is 5.24. The van der Waals surface area contributed by atoms with Crippen LogP contribution in [0, 0.1) is 0 Å². The summed E-state index contributed by atoms with van der Waals surface area (Å²) in [5.41, 5.74) is 1.40. The van der Waals surface area contributed by atoms with Crippen LogP contribution in [-0.2, 0) is 10.0 Å². The highest BCUT2D eigenvalue weighted by Crippen LogP contribution is 2.25. The van der Waals surface area contributed by atoms with E-state index in [1.807, 2.05) is 25.1 Å². The van der Waals surface area contributed by atoms with Crippen LogP contribution < -0.4 is 9.62 Å². The van der Waals surface area contributed by atoms with Crippen molar-refractivity contribution in [2.45, 2.75) is 13.0 Å². The molecule has 2 aromatic carbocycles. The lowest BCUT2D eigenvalue weighted by molar-refractivity contribution is 0.0940. The first-order chi connectivity index (χ1) is 11.2. The van der Waals surface area contributed by atoms with Gasteiger partial charge in [0.25, 0.3) is 5.91 Å². The van der Waals surface area contributed by atoms with E-state index in [1.54, 1.807) is 30.3 Å². The Balaban J connectivity index is 2.30. The van der Waals surface area contributed by atoms with Crippen LogP contribution >= 0.6 is 11.6 Å². The molecule has 0 heterocycles. The van der Waals surface area contributed by atoms with Gasteiger partial charge in [-0.25, -0.2) is 8.42 Å². The Labute approximate surface area is 147 Å². The third-order valence-electron chi connectivity index (χ3n) is 3.70. The standard InChI is InChI=1S/C17H19ClN2O3S/c1-12(13-8-4-6-10-15(13)18)19-17(21)14-9-5-7-11-16(14)20(2)24(3,22)23/h4-12H,1-3H3,(H,19,21). The average molecular weight is 367 g/mol. The van der Waals surface area contributed by atoms with E-state index in [4.69, 9.17) is 11.6 Å². The van der Waals surface area contributed by atoms with E-state index in [0.717, 1.165) is 16.1 Å². The van der Waals surface area contributed by atoms with Crippen LogP contribution in [0.3, 0.4) is 0 Å². The maximum Gasteiger partial charge on any atom is 0.253 e. The number of sulfonamides is 1. The highest BCUT2D eigenvalue weighted by Gasteiger charge is 2.21. The minimum Gasteiger partial charge on any atom is -0.345 e. The minimum absolute atomic E-state index is 0.282. The van der Waals surface area contributed by atoms with Crippen LogP contribution in [-0.4, -0.2) is 27.6 Å². The molecule has 5 nitrogen and oxygen atoms in total. The number of hydrogen-bond acceptors (Lipinski definition) is 3. The number of rotatable bonds is 5. The number of halogens is 1. The highest BCUT2D eigenvalue weighted by atomic mass is 35.5. The molecule has 7 heteroatoms. The number of carbonyl (C=O) groups excluding carboxylic acids is 1. The second-order valence-electron chi connectivity index (χ2n) is 5.46. The van der Waals surface area contributed by atoms with Gasteiger partial charge in [0, 0.05) is 12.1 Å². The molecule has 2 rings (SSSR count). The zero-order chi connectivity index (χ0) is 17.9. The van der Waals surface area contributed by atoms with E-state index in [2.05, 4.69) is 5.32 Å². The average Bonchev–Trinajstić information content (AvgIpc) is 2.53. The molecule has 0 saturated heterocycles. The van der Waals surface area contributed by atoms with E-state index in [-0.39, 0.29) is 17.5 Å². The summed E-state index contributed by atoms with van der Waals surface area (Å²) in [6.07, 6.45) is 1.09. The summed E-state index contributed by atoms with van der Waals surface area (Å²) in [6.45, 7) is 1.82. The third kappa shape index (κ3) is 4.07. The molecule has 1 amide bonds. The molecule has 0 aliphatic heterocycles. The molecule has 2 aromatic rings. The zero-order valence-electron chi connectivity index (χ0n) is 13.7. The van der Waals surface area contributed by atoms with E-state index >= 15 is 0 Å². The lowest BCUT2D eigenvalue weighted by atomic mass is 10.1. The van der Waals surface area contributed by atoms with Crippen molar-refractivity contribution in [2.75, 3.05) is 17.6 Å². The fourth-order valence-electron chi connectivity index (χ4n) is 2.30. The van der Waals surface area contributed by atoms with Crippen LogP contribution in [0.15, 0.2) is 48.5 Å². The number of para-hydroxylation sites is 1. The predicted molar refractivity (Wildman–Crippen MR) is 97.0 cm³/mol. The first kappa shape index (κ1) is 18.3. The van der Waals surface area contributed by atoms with Gasteiger partial charge in [0.2, 0.25) is 10.0 Å². The molecule has 0 bridgehead atoms. The maximum atomic E-state index is 12.6. The van der Waals surface area contributed by atoms with Gasteiger partial charge >= 0.3 is 0 Å². The molecular formula is C17H19ClN2O3S. The summed E-state index contributed by atoms with van der Waals surface area (Å²) in [4.78, 5) is 12.6. The molecule has 1 N–H and O–H groups in total. The van der Waals surface area contributed by atoms with Crippen molar-refractivity contribution in [3.63, 3.8) is 0 Å². The van der Waals surface area contributed by atoms with Crippen LogP contribution in [0.5, 0.6) is 0 Å². The van der Waals surface area contributed by atoms with Crippen LogP contribution in [0.25, 0.3) is 0 Å². The van der Waals surface area contributed by atoms with Gasteiger partial charge in [-0.05, 0) is 30.7 Å². The molecular weight excluding hydrogens is 348 g/mol. The summed E-state index contributed by atoms with van der Waals surface area (Å²) in [7, 11) is -2.05. The summed E-state index contributed by atoms with van der Waals surface area (Å²) < 4.78 is 24.6. The predicted octanol–water partition coefficient (Wildman–Crippen LogP) is 3.23. The molecule has 1 unspecified atom stereocenters. The quantitative estimate of drug-likeness (QED) is 0.883. The molecule has 0 spiro atoms. The topological polar surface area (TPSA) is 66.5 Å². The zero-order valence-corrected chi connectivity index (χ0v) is 15.2. The summed E-state index contributed by atoms with van der Waals surface area (Å²) >= 11 is 6.15. The van der Waals surface area contributed by atoms with Gasteiger partial charge in [-0.1, -0.05) is 41.9 Å². The van der Waals surface area contributed by atoms with Crippen molar-refractivity contribution in [2.24, 2.45) is 0 Å². The molecule has 0 aliphatic carbocycles. The van der Waals surface area contributed by atoms with E-state index in [1.165, 1.54) is 7.05 Å². The summed E-state index contributed by atoms with van der Waals surface area (Å²) in [5, 5.41) is 3.42. The van der Waals surface area contributed by atoms with E-state index in [0.29, 0.717) is 10.7 Å². The van der Waals surface area contributed by atoms with Crippen molar-refractivity contribution in [3.05, 3.63) is 64.7 Å². The van der Waals surface area contributed by atoms with Crippen molar-refractivity contribution < 1.29 is 13.2 Å². The molecule has 0 radical (unpaired) electrons. The van der Waals surface area contributed by atoms with Gasteiger partial charge in [-0.2, -0.15) is 0 Å². The molecule has 0 aliphatic rings. The van der Waals surface area contributed by atoms with Gasteiger partial charge < -0.3 is 5.32 Å². The molecule has 0 saturated carbocycles. The number of nitrogens with one attached hydrogen (secondary N) is 1. The molecule has 0 aromatic heterocycles. The second-order valence-corrected chi connectivity index (χ2v) is 7.89. The van der Waals surface area contributed by atoms with Crippen LogP contribution in [0.2, 0.25) is 5.02 Å². The number of nitrogens with zero attached hydrogens (tertiary/aromatic N) is 1. The van der Waals surface area contributed by atoms with Crippen molar-refractivity contribution in [1.82, 2.24) is 5.32 Å². The Kier molecular flexibility index (Phi) is 5.51. The van der Waals surface area contributed by atoms with Crippen LogP contribution in [0.1, 0.15) is 28.9 Å². The number of carbonyl (C=O) groups is 1. The molecule has 0 fully saturated rings. The Morgan fingerprint density at radius 2 is 1.71 bits per heavy atom. The number of hydrogen-bond donors (Lipinski definition) is 1. The molecule has 1 atom stereocenters. The number of anilines is 1. The molecule has 24 heavy (non-hydrogen) atoms. The number of amides is 1. The fraction of sp³-hybridized carbons (Fsp3) is 0.235. The first-order valence-electron chi connectivity index (χ1n) is 7.30. The smallest absolute Gasteiger partial charge is 0.253 e. The highest BCUT2D eigenvalue weighted by molar-refractivity contribution is 7.92. The molecule has 128 valence electrons. The Bertz CT molecular complexity index is 852. The second kappa shape index (κ2) is 7.23. The van der Waals surface area contributed by atoms with Gasteiger partial charge in [-0.15, -0.1) is 0 Å². The lowest BCUT2D eigenvalue weighted by Crippen LogP contribution is -2.31. The SMILES string of the molecule is CC(NC(=O)c1ccccc1N(C)S(C)(=O)=O)c1ccccc1Cl. The monoisotopic (exact) mass is 366 g/mol. The Hall–Kier alpha value is -2.05. The summed E-state index contributed by atoms with van der Waals surface area (Å²) in [5.74, 6) is -0.367. The Morgan fingerprint density at radius 1 is 1.12 bits per heavy atom. The minimum atomic E-state index is -3.47. The maximum absolute atomic E-state index is 12.6.